The van der Waals surface area contributed by atoms with Crippen molar-refractivity contribution in [3.63, 3.8) is 0 Å². The molecule has 2 aliphatic carbocycles. The lowest BCUT2D eigenvalue weighted by molar-refractivity contribution is -0.118. The summed E-state index contributed by atoms with van der Waals surface area (Å²) in [4.78, 5) is 53.1. The van der Waals surface area contributed by atoms with E-state index < -0.39 is 0 Å². The lowest BCUT2D eigenvalue weighted by atomic mass is 9.98. The second kappa shape index (κ2) is 17.0. The molecule has 0 aliphatic heterocycles. The highest BCUT2D eigenvalue weighted by atomic mass is 16.2. The van der Waals surface area contributed by atoms with Gasteiger partial charge in [-0.25, -0.2) is 19.9 Å². The summed E-state index contributed by atoms with van der Waals surface area (Å²) in [6.45, 7) is 15.8. The van der Waals surface area contributed by atoms with Gasteiger partial charge in [0.25, 0.3) is 0 Å². The molecule has 0 radical (unpaired) electrons. The number of rotatable bonds is 9. The number of allylic oxidation sites excluding steroid dienone is 6. The third-order valence-electron chi connectivity index (χ3n) is 11.5. The fourth-order valence-corrected chi connectivity index (χ4v) is 7.70. The molecule has 306 valence electrons. The summed E-state index contributed by atoms with van der Waals surface area (Å²) < 4.78 is 0. The second-order valence-electron chi connectivity index (χ2n) is 15.6. The summed E-state index contributed by atoms with van der Waals surface area (Å²) >= 11 is 0. The smallest absolute Gasteiger partial charge is 0.229 e. The van der Waals surface area contributed by atoms with Crippen molar-refractivity contribution in [2.45, 2.75) is 40.5 Å². The number of nitrogens with two attached hydrogens (primary N) is 2. The van der Waals surface area contributed by atoms with Crippen molar-refractivity contribution in [1.29, 1.82) is 0 Å². The fourth-order valence-electron chi connectivity index (χ4n) is 7.70. The molecule has 8 rings (SSSR count). The molecule has 6 heterocycles. The average Bonchev–Trinajstić information content (AvgIpc) is 4.20. The number of hydrogen-bond donors (Lipinski definition) is 4. The first-order valence-corrected chi connectivity index (χ1v) is 20.2. The maximum Gasteiger partial charge on any atom is 0.229 e. The van der Waals surface area contributed by atoms with E-state index in [9.17, 15) is 9.59 Å². The van der Waals surface area contributed by atoms with Crippen molar-refractivity contribution in [2.75, 3.05) is 22.1 Å². The quantitative estimate of drug-likeness (QED) is 0.0826. The molecule has 6 aromatic heterocycles. The molecule has 0 saturated heterocycles. The van der Waals surface area contributed by atoms with Gasteiger partial charge in [0.15, 0.2) is 0 Å². The molecule has 2 amide bonds. The van der Waals surface area contributed by atoms with E-state index in [1.165, 1.54) is 0 Å². The van der Waals surface area contributed by atoms with Crippen LogP contribution < -0.4 is 22.1 Å². The zero-order chi connectivity index (χ0) is 43.7. The zero-order valence-electron chi connectivity index (χ0n) is 34.9. The van der Waals surface area contributed by atoms with E-state index in [2.05, 4.69) is 72.4 Å². The number of aryl methyl sites for hydroxylation is 2. The molecule has 2 saturated carbocycles. The highest BCUT2D eigenvalue weighted by Crippen LogP contribution is 2.48. The van der Waals surface area contributed by atoms with Gasteiger partial charge in [-0.2, -0.15) is 0 Å². The van der Waals surface area contributed by atoms with Gasteiger partial charge >= 0.3 is 0 Å². The van der Waals surface area contributed by atoms with Crippen molar-refractivity contribution < 1.29 is 9.59 Å². The Morgan fingerprint density at radius 2 is 1.27 bits per heavy atom. The monoisotopic (exact) mass is 816 g/mol. The van der Waals surface area contributed by atoms with E-state index in [0.29, 0.717) is 51.9 Å². The molecule has 62 heavy (non-hydrogen) atoms. The Morgan fingerprint density at radius 3 is 1.81 bits per heavy atom. The van der Waals surface area contributed by atoms with Crippen LogP contribution in [0.1, 0.15) is 66.0 Å². The lowest BCUT2D eigenvalue weighted by Gasteiger charge is -2.10. The van der Waals surface area contributed by atoms with Crippen LogP contribution in [-0.4, -0.2) is 41.7 Å². The molecular formula is C50H44N10O2. The van der Waals surface area contributed by atoms with Gasteiger partial charge in [0.05, 0.1) is 5.69 Å². The van der Waals surface area contributed by atoms with Crippen molar-refractivity contribution >= 4 is 62.2 Å². The average molecular weight is 817 g/mol. The Bertz CT molecular complexity index is 3070. The zero-order valence-corrected chi connectivity index (χ0v) is 34.9. The highest BCUT2D eigenvalue weighted by molar-refractivity contribution is 5.99. The van der Waals surface area contributed by atoms with Gasteiger partial charge in [-0.1, -0.05) is 43.2 Å². The van der Waals surface area contributed by atoms with E-state index in [0.717, 1.165) is 61.9 Å². The number of fused-ring (bicyclic) bond motifs is 2. The maximum atomic E-state index is 13.5. The van der Waals surface area contributed by atoms with Gasteiger partial charge in [-0.15, -0.1) is 0 Å². The molecule has 12 heteroatoms. The first-order valence-electron chi connectivity index (χ1n) is 20.2. The van der Waals surface area contributed by atoms with Crippen LogP contribution in [-0.2, 0) is 9.59 Å². The van der Waals surface area contributed by atoms with Crippen LogP contribution in [0.15, 0.2) is 110 Å². The van der Waals surface area contributed by atoms with Crippen LogP contribution in [0.25, 0.3) is 27.1 Å². The minimum atomic E-state index is -0.252. The van der Waals surface area contributed by atoms with Crippen LogP contribution in [0.4, 0.5) is 23.3 Å². The van der Waals surface area contributed by atoms with Gasteiger partial charge in [-0.3, -0.25) is 19.6 Å². The van der Waals surface area contributed by atoms with Crippen molar-refractivity contribution in [3.05, 3.63) is 149 Å². The van der Waals surface area contributed by atoms with E-state index in [4.69, 9.17) is 16.5 Å². The first-order chi connectivity index (χ1) is 29.9. The van der Waals surface area contributed by atoms with Crippen LogP contribution in [0.5, 0.6) is 0 Å². The lowest BCUT2D eigenvalue weighted by Crippen LogP contribution is -2.16. The summed E-state index contributed by atoms with van der Waals surface area (Å²) in [6.07, 6.45) is 15.5. The largest absolute Gasteiger partial charge is 0.383 e. The number of nitrogens with zero attached hydrogens (tertiary/aromatic N) is 6. The molecule has 0 bridgehead atoms. The topological polar surface area (TPSA) is 188 Å². The van der Waals surface area contributed by atoms with Crippen molar-refractivity contribution in [3.8, 4) is 23.7 Å². The van der Waals surface area contributed by atoms with Gasteiger partial charge in [0.2, 0.25) is 11.8 Å². The highest BCUT2D eigenvalue weighted by Gasteiger charge is 2.45. The van der Waals surface area contributed by atoms with E-state index in [1.54, 1.807) is 43.1 Å². The van der Waals surface area contributed by atoms with E-state index in [-0.39, 0.29) is 35.5 Å². The third-order valence-corrected chi connectivity index (χ3v) is 11.5. The molecular weight excluding hydrogens is 773 g/mol. The SMILES string of the molecule is C=C/C(=C(\C)c1cc(C)c(C#Cc2cc3cc(NC(=O)[C@@H]4C[C@H]4/C(C=C)=C/C)ncc3c(N)n2)cn1)[C@H]1C[C@@H]1C(=O)Nc1cc2cc(C#Cc3cnccc3C)nc(N)c2cn1. The predicted molar refractivity (Wildman–Crippen MR) is 245 cm³/mol. The van der Waals surface area contributed by atoms with Crippen LogP contribution in [0, 0.1) is 61.2 Å². The second-order valence-corrected chi connectivity index (χ2v) is 15.6. The van der Waals surface area contributed by atoms with Crippen molar-refractivity contribution in [1.82, 2.24) is 29.9 Å². The summed E-state index contributed by atoms with van der Waals surface area (Å²) in [7, 11) is 0. The number of nitrogen functional groups attached to an aromatic ring is 2. The Morgan fingerprint density at radius 1 is 0.710 bits per heavy atom. The predicted octanol–water partition coefficient (Wildman–Crippen LogP) is 7.89. The Balaban J connectivity index is 0.937. The van der Waals surface area contributed by atoms with Crippen LogP contribution in [0.2, 0.25) is 0 Å². The van der Waals surface area contributed by atoms with Crippen LogP contribution >= 0.6 is 0 Å². The number of aromatic nitrogens is 6. The number of pyridine rings is 6. The normalized spacial score (nSPS) is 18.0. The maximum absolute atomic E-state index is 13.5. The molecule has 12 nitrogen and oxygen atoms in total. The number of hydrogen-bond acceptors (Lipinski definition) is 10. The number of nitrogens with one attached hydrogen (secondary N) is 2. The molecule has 4 atom stereocenters. The van der Waals surface area contributed by atoms with Gasteiger partial charge in [0, 0.05) is 64.7 Å². The summed E-state index contributed by atoms with van der Waals surface area (Å²) in [5.74, 6) is 13.6. The Kier molecular flexibility index (Phi) is 11.2. The number of carbonyl (C=O) groups excluding carboxylic acids is 2. The minimum absolute atomic E-state index is 0.0189. The summed E-state index contributed by atoms with van der Waals surface area (Å²) in [5, 5.41) is 8.80. The molecule has 2 aliphatic rings. The fraction of sp³-hybridized carbons (Fsp3) is 0.200. The Hall–Kier alpha value is -7.96. The van der Waals surface area contributed by atoms with Gasteiger partial charge < -0.3 is 22.1 Å². The Labute approximate surface area is 359 Å². The standard InChI is InChI=1S/C50H44N10O2/c1-7-30(8-2)38-21-40(38)49(61)59-45-19-34-18-36(58-48(52)42(34)25-55-45)13-11-32-24-54-44(16-28(32)5)29(6)37(9-3)39-22-41(39)50(62)60-46-20-33-17-35(57-47(51)43(33)26-56-46)12-10-31-23-53-15-14-27(31)4/h7-9,14-20,23-26,38-41H,1,3,21-22H2,2,4-6H3,(H2,51,57)(H2,52,58)(H,55,59,61)(H,56,60,62)/b30-8+,37-29-/t38-,39+,40+,41-/m0/s1. The first kappa shape index (κ1) is 40.8. The van der Waals surface area contributed by atoms with Crippen molar-refractivity contribution in [2.24, 2.45) is 23.7 Å². The van der Waals surface area contributed by atoms with E-state index in [1.807, 2.05) is 70.2 Å². The number of anilines is 4. The summed E-state index contributed by atoms with van der Waals surface area (Å²) in [6, 6.07) is 11.1. The molecule has 6 N–H and O–H groups in total. The minimum Gasteiger partial charge on any atom is -0.383 e. The number of carbonyl (C=O) groups is 2. The molecule has 0 spiro atoms. The molecule has 0 aromatic carbocycles. The number of amides is 2. The molecule has 0 unspecified atom stereocenters. The van der Waals surface area contributed by atoms with Crippen LogP contribution in [0.3, 0.4) is 0 Å². The third kappa shape index (κ3) is 8.53. The summed E-state index contributed by atoms with van der Waals surface area (Å²) in [5.41, 5.74) is 20.8. The van der Waals surface area contributed by atoms with Gasteiger partial charge in [0.1, 0.15) is 34.7 Å². The van der Waals surface area contributed by atoms with E-state index >= 15 is 0 Å². The molecule has 6 aromatic rings. The van der Waals surface area contributed by atoms with Gasteiger partial charge in [-0.05, 0) is 139 Å². The molecule has 2 fully saturated rings.